The topological polar surface area (TPSA) is 416 Å². The fourth-order valence-electron chi connectivity index (χ4n) is 7.88. The lowest BCUT2D eigenvalue weighted by atomic mass is 9.95. The normalized spacial score (nSPS) is 48.5. The molecule has 16 N–H and O–H groups in total. The number of rotatable bonds is 16. The van der Waals surface area contributed by atoms with Crippen LogP contribution in [-0.4, -0.2) is 268 Å². The molecule has 0 radical (unpaired) electrons. The lowest BCUT2D eigenvalue weighted by Crippen LogP contribution is -2.68. The summed E-state index contributed by atoms with van der Waals surface area (Å²) in [5.74, 6) is 0. The molecule has 26 nitrogen and oxygen atoms in total. The lowest BCUT2D eigenvalue weighted by Gasteiger charge is -2.49. The third-order valence-electron chi connectivity index (χ3n) is 11.6. The van der Waals surface area contributed by atoms with Gasteiger partial charge in [-0.3, -0.25) is 0 Å². The second-order valence-electron chi connectivity index (χ2n) is 15.7. The minimum absolute atomic E-state index is 0.0783. The molecule has 5 fully saturated rings. The fraction of sp³-hybridized carbons (Fsp3) is 0.838. The second kappa shape index (κ2) is 22.3. The average Bonchev–Trinajstić information content (AvgIpc) is 3.28. The molecule has 10 unspecified atom stereocenters. The molecular weight excluding hydrogens is 860 g/mol. The summed E-state index contributed by atoms with van der Waals surface area (Å²) in [7, 11) is 0. The Hall–Kier alpha value is -1.82. The van der Waals surface area contributed by atoms with Gasteiger partial charge in [0.2, 0.25) is 0 Å². The molecule has 5 aliphatic heterocycles. The van der Waals surface area contributed by atoms with Crippen molar-refractivity contribution in [2.75, 3.05) is 33.0 Å². The number of hydrogen-bond acceptors (Lipinski definition) is 26. The van der Waals surface area contributed by atoms with E-state index in [2.05, 4.69) is 0 Å². The maximum atomic E-state index is 11.5. The largest absolute Gasteiger partial charge is 0.394 e. The summed E-state index contributed by atoms with van der Waals surface area (Å²) < 4.78 is 56.1. The number of aliphatic hydroxyl groups is 16. The number of benzene rings is 1. The van der Waals surface area contributed by atoms with Gasteiger partial charge in [-0.1, -0.05) is 30.3 Å². The third kappa shape index (κ3) is 10.8. The van der Waals surface area contributed by atoms with Crippen molar-refractivity contribution < 1.29 is 129 Å². The summed E-state index contributed by atoms with van der Waals surface area (Å²) in [6, 6.07) is 8.71. The zero-order valence-electron chi connectivity index (χ0n) is 33.3. The van der Waals surface area contributed by atoms with E-state index in [9.17, 15) is 81.7 Å². The standard InChI is InChI=1S/C37H58O26/c38-6-13-18(43)23(48)24(49)34(56-13)60-30-20(45)15(8-40)58-36(26(30)51)62-32-22(47)17(10-42)59-37(28(32)53)63-31-21(46)16(9-41)57-35(27(31)52)61-29-19(44)14(7-39)55-33(25(29)50)54-11-12-4-2-1-3-5-12/h1-5,13-53H,6-11H2/t13?,14?,15?,16?,17?,18-,19-,20-,21-,22-,23+,24?,25?,26?,27?,28?,29+,30+,31+,32+,33-,34+,35+,36+,37+/m1/s1. The summed E-state index contributed by atoms with van der Waals surface area (Å²) in [4.78, 5) is 0. The van der Waals surface area contributed by atoms with Gasteiger partial charge in [0.15, 0.2) is 31.5 Å². The third-order valence-corrected chi connectivity index (χ3v) is 11.6. The summed E-state index contributed by atoms with van der Waals surface area (Å²) in [5, 5.41) is 170. The highest BCUT2D eigenvalue weighted by atomic mass is 16.8. The van der Waals surface area contributed by atoms with Crippen LogP contribution in [-0.2, 0) is 54.0 Å². The van der Waals surface area contributed by atoms with Crippen LogP contribution in [0.3, 0.4) is 0 Å². The first kappa shape index (κ1) is 50.6. The first-order valence-corrected chi connectivity index (χ1v) is 20.2. The van der Waals surface area contributed by atoms with E-state index in [0.717, 1.165) is 0 Å². The van der Waals surface area contributed by atoms with Gasteiger partial charge in [0.1, 0.15) is 122 Å². The molecule has 5 heterocycles. The van der Waals surface area contributed by atoms with Gasteiger partial charge in [0.25, 0.3) is 0 Å². The molecule has 63 heavy (non-hydrogen) atoms. The monoisotopic (exact) mass is 918 g/mol. The van der Waals surface area contributed by atoms with Gasteiger partial charge in [-0.2, -0.15) is 0 Å². The zero-order chi connectivity index (χ0) is 45.9. The van der Waals surface area contributed by atoms with E-state index >= 15 is 0 Å². The van der Waals surface area contributed by atoms with Gasteiger partial charge >= 0.3 is 0 Å². The van der Waals surface area contributed by atoms with Gasteiger partial charge in [-0.25, -0.2) is 0 Å². The van der Waals surface area contributed by atoms with Crippen LogP contribution in [0.25, 0.3) is 0 Å². The van der Waals surface area contributed by atoms with Crippen molar-refractivity contribution >= 4 is 0 Å². The van der Waals surface area contributed by atoms with Gasteiger partial charge in [0.05, 0.1) is 39.6 Å². The predicted octanol–water partition coefficient (Wildman–Crippen LogP) is -9.70. The summed E-state index contributed by atoms with van der Waals surface area (Å²) in [6.45, 7) is -4.57. The molecule has 0 bridgehead atoms. The van der Waals surface area contributed by atoms with Crippen molar-refractivity contribution in [2.24, 2.45) is 0 Å². The number of aliphatic hydroxyl groups excluding tert-OH is 16. The molecule has 1 aromatic carbocycles. The Morgan fingerprint density at radius 1 is 0.333 bits per heavy atom. The van der Waals surface area contributed by atoms with E-state index in [-0.39, 0.29) is 6.61 Å². The number of hydrogen-bond donors (Lipinski definition) is 16. The van der Waals surface area contributed by atoms with Crippen LogP contribution in [0.5, 0.6) is 0 Å². The summed E-state index contributed by atoms with van der Waals surface area (Å²) in [5.41, 5.74) is 0.680. The first-order chi connectivity index (χ1) is 30.1. The Labute approximate surface area is 358 Å². The van der Waals surface area contributed by atoms with E-state index in [1.807, 2.05) is 0 Å². The molecule has 0 saturated carbocycles. The Kier molecular flexibility index (Phi) is 17.9. The van der Waals surface area contributed by atoms with Crippen molar-refractivity contribution in [3.8, 4) is 0 Å². The van der Waals surface area contributed by atoms with E-state index in [1.54, 1.807) is 30.3 Å². The highest BCUT2D eigenvalue weighted by Crippen LogP contribution is 2.36. The molecule has 362 valence electrons. The Balaban J connectivity index is 1.17. The Morgan fingerprint density at radius 2 is 0.619 bits per heavy atom. The van der Waals surface area contributed by atoms with Crippen LogP contribution in [0, 0.1) is 0 Å². The van der Waals surface area contributed by atoms with Gasteiger partial charge < -0.3 is 129 Å². The summed E-state index contributed by atoms with van der Waals surface area (Å²) in [6.07, 6.45) is -46.2. The van der Waals surface area contributed by atoms with Crippen LogP contribution in [0.2, 0.25) is 0 Å². The Bertz CT molecular complexity index is 1520. The van der Waals surface area contributed by atoms with Crippen molar-refractivity contribution in [3.63, 3.8) is 0 Å². The van der Waals surface area contributed by atoms with Gasteiger partial charge in [0, 0.05) is 0 Å². The maximum Gasteiger partial charge on any atom is 0.187 e. The van der Waals surface area contributed by atoms with Crippen LogP contribution in [0.15, 0.2) is 30.3 Å². The molecule has 0 amide bonds. The SMILES string of the molecule is OCC1O[C@@H](O[C@@H]2C(O)[C@H](O[C@@H]3C(O)[C@H](O[C@@H]4C(O)[C@H](O[C@@H]5C(O)[C@H](OCc6ccccc6)OC(CO)[C@H]5O)OC(CO)[C@H]4O)OC(CO)[C@H]3O)OC(CO)[C@H]2O)C(O)[C@@H](O)[C@@H]1O. The van der Waals surface area contributed by atoms with Crippen LogP contribution in [0.1, 0.15) is 5.56 Å². The van der Waals surface area contributed by atoms with Crippen molar-refractivity contribution in [3.05, 3.63) is 35.9 Å². The average molecular weight is 919 g/mol. The number of ether oxygens (including phenoxy) is 10. The molecule has 1 aromatic rings. The van der Waals surface area contributed by atoms with E-state index < -0.39 is 187 Å². The molecule has 25 atom stereocenters. The second-order valence-corrected chi connectivity index (χ2v) is 15.7. The molecular formula is C37H58O26. The first-order valence-electron chi connectivity index (χ1n) is 20.2. The van der Waals surface area contributed by atoms with Crippen LogP contribution < -0.4 is 0 Å². The van der Waals surface area contributed by atoms with Gasteiger partial charge in [-0.15, -0.1) is 0 Å². The highest BCUT2D eigenvalue weighted by Gasteiger charge is 2.57. The van der Waals surface area contributed by atoms with Crippen molar-refractivity contribution in [2.45, 2.75) is 160 Å². The highest BCUT2D eigenvalue weighted by molar-refractivity contribution is 5.13. The quantitative estimate of drug-likeness (QED) is 0.0732. The molecule has 5 saturated heterocycles. The predicted molar refractivity (Wildman–Crippen MR) is 196 cm³/mol. The minimum Gasteiger partial charge on any atom is -0.394 e. The maximum absolute atomic E-state index is 11.5. The van der Waals surface area contributed by atoms with Crippen LogP contribution in [0.4, 0.5) is 0 Å². The molecule has 0 spiro atoms. The zero-order valence-corrected chi connectivity index (χ0v) is 33.3. The molecule has 6 rings (SSSR count). The fourth-order valence-corrected chi connectivity index (χ4v) is 7.88. The van der Waals surface area contributed by atoms with Crippen molar-refractivity contribution in [1.29, 1.82) is 0 Å². The van der Waals surface area contributed by atoms with E-state index in [4.69, 9.17) is 47.4 Å². The minimum atomic E-state index is -2.18. The Morgan fingerprint density at radius 3 is 0.952 bits per heavy atom. The molecule has 0 aliphatic carbocycles. The lowest BCUT2D eigenvalue weighted by molar-refractivity contribution is -0.395. The van der Waals surface area contributed by atoms with Gasteiger partial charge in [-0.05, 0) is 5.56 Å². The van der Waals surface area contributed by atoms with Crippen molar-refractivity contribution in [1.82, 2.24) is 0 Å². The molecule has 5 aliphatic rings. The van der Waals surface area contributed by atoms with E-state index in [1.165, 1.54) is 0 Å². The smallest absolute Gasteiger partial charge is 0.187 e. The van der Waals surface area contributed by atoms with E-state index in [0.29, 0.717) is 5.56 Å². The molecule has 26 heteroatoms. The van der Waals surface area contributed by atoms with Crippen LogP contribution >= 0.6 is 0 Å². The molecule has 0 aromatic heterocycles. The summed E-state index contributed by atoms with van der Waals surface area (Å²) >= 11 is 0.